The van der Waals surface area contributed by atoms with E-state index in [4.69, 9.17) is 4.98 Å². The summed E-state index contributed by atoms with van der Waals surface area (Å²) in [5.74, 6) is 1.64. The first kappa shape index (κ1) is 41.4. The molecule has 0 bridgehead atoms. The maximum absolute atomic E-state index is 12.0. The quantitative estimate of drug-likeness (QED) is 0.169. The van der Waals surface area contributed by atoms with Crippen molar-refractivity contribution in [1.82, 2.24) is 9.97 Å². The Morgan fingerprint density at radius 1 is 0.617 bits per heavy atom. The summed E-state index contributed by atoms with van der Waals surface area (Å²) in [4.78, 5) is 12.6. The third-order valence-electron chi connectivity index (χ3n) is 12.6. The van der Waals surface area contributed by atoms with Crippen molar-refractivity contribution < 1.29 is 26.2 Å². The molecule has 5 aromatic carbocycles. The first-order chi connectivity index (χ1) is 28.1. The number of aromatic nitrogens is 2. The Labute approximate surface area is 371 Å². The first-order valence-electron chi connectivity index (χ1n) is 21.1. The number of hydrogen-bond donors (Lipinski definition) is 1. The molecule has 0 saturated heterocycles. The normalized spacial score (nSPS) is 13.5. The zero-order valence-corrected chi connectivity index (χ0v) is 38.7. The van der Waals surface area contributed by atoms with Crippen molar-refractivity contribution in [2.24, 2.45) is 0 Å². The van der Waals surface area contributed by atoms with E-state index in [0.717, 1.165) is 50.8 Å². The van der Waals surface area contributed by atoms with Gasteiger partial charge in [0.25, 0.3) is 0 Å². The molecule has 5 heteroatoms. The molecule has 60 heavy (non-hydrogen) atoms. The number of rotatable bonds is 6. The van der Waals surface area contributed by atoms with Crippen LogP contribution in [0.15, 0.2) is 128 Å². The van der Waals surface area contributed by atoms with Crippen LogP contribution in [0.4, 0.5) is 17.2 Å². The summed E-state index contributed by atoms with van der Waals surface area (Å²) in [6.45, 7) is 22.7. The molecule has 4 nitrogen and oxygen atoms in total. The average Bonchev–Trinajstić information content (AvgIpc) is 3.67. The number of pyridine rings is 2. The second-order valence-corrected chi connectivity index (χ2v) is 19.2. The third kappa shape index (κ3) is 6.63. The number of phenolic OH excluding ortho intramolecular Hbond substituents is 1. The van der Waals surface area contributed by atoms with Gasteiger partial charge in [-0.3, -0.25) is 0 Å². The molecule has 0 radical (unpaired) electrons. The Kier molecular flexibility index (Phi) is 10.4. The van der Waals surface area contributed by atoms with Gasteiger partial charge in [-0.1, -0.05) is 142 Å². The van der Waals surface area contributed by atoms with Crippen LogP contribution in [0.1, 0.15) is 126 Å². The fraction of sp³-hybridized carbons (Fsp3) is 0.273. The fourth-order valence-electron chi connectivity index (χ4n) is 9.26. The van der Waals surface area contributed by atoms with Crippen molar-refractivity contribution in [3.8, 4) is 39.4 Å². The standard InChI is InChI=1S/C55H54N3O.Pt/c1-33(2)36-27-37(34(3)4)30-41(29-36)58(40-16-13-15-35(28-40)48-18-11-12-26-56-48)50-25-24-45-52(57-50)51-44(17-14-19-49(51)59)55(45)46-31-38(53(5,6)7)20-22-42(46)43-23-21-39(32-47(43)55)54(8,9)10;/h11-27,29-34,59H,1-10H3;/q-1;. The van der Waals surface area contributed by atoms with Crippen LogP contribution >= 0.6 is 0 Å². The van der Waals surface area contributed by atoms with Crippen LogP contribution in [-0.2, 0) is 37.3 Å². The summed E-state index contributed by atoms with van der Waals surface area (Å²) in [5, 5.41) is 12.0. The minimum absolute atomic E-state index is 0. The molecule has 2 aliphatic carbocycles. The van der Waals surface area contributed by atoms with E-state index in [9.17, 15) is 5.11 Å². The van der Waals surface area contributed by atoms with Gasteiger partial charge in [0.05, 0.1) is 11.1 Å². The molecule has 0 aliphatic heterocycles. The van der Waals surface area contributed by atoms with Crippen LogP contribution in [-0.4, -0.2) is 15.1 Å². The molecule has 2 heterocycles. The maximum atomic E-state index is 12.0. The van der Waals surface area contributed by atoms with E-state index in [1.165, 1.54) is 44.5 Å². The predicted octanol–water partition coefficient (Wildman–Crippen LogP) is 14.3. The number of aromatic hydroxyl groups is 1. The zero-order valence-electron chi connectivity index (χ0n) is 36.4. The number of fused-ring (bicyclic) bond motifs is 10. The Morgan fingerprint density at radius 2 is 1.23 bits per heavy atom. The molecule has 0 saturated carbocycles. The van der Waals surface area contributed by atoms with Gasteiger partial charge in [0.15, 0.2) is 0 Å². The predicted molar refractivity (Wildman–Crippen MR) is 245 cm³/mol. The van der Waals surface area contributed by atoms with Gasteiger partial charge < -0.3 is 15.0 Å². The van der Waals surface area contributed by atoms with Crippen molar-refractivity contribution in [2.75, 3.05) is 4.90 Å². The Morgan fingerprint density at radius 3 is 1.80 bits per heavy atom. The minimum Gasteiger partial charge on any atom is -0.507 e. The van der Waals surface area contributed by atoms with Crippen molar-refractivity contribution in [1.29, 1.82) is 0 Å². The SMILES string of the molecule is CC(C)c1cc(C(C)C)cc(N(c2[c-]c(-c3ccccn3)ccc2)c2ccc3c(n2)-c2c(O)cccc2C32c3cc(C(C)(C)C)ccc3-c3ccc(C(C)(C)C)cc32)c1.[Pt]. The summed E-state index contributed by atoms with van der Waals surface area (Å²) >= 11 is 0. The van der Waals surface area contributed by atoms with Gasteiger partial charge in [0, 0.05) is 38.5 Å². The Balaban J connectivity index is 0.00000499. The molecule has 0 amide bonds. The van der Waals surface area contributed by atoms with Gasteiger partial charge in [-0.05, 0) is 120 Å². The number of anilines is 3. The average molecular weight is 968 g/mol. The molecule has 1 spiro atoms. The zero-order chi connectivity index (χ0) is 41.6. The summed E-state index contributed by atoms with van der Waals surface area (Å²) in [6, 6.07) is 47.5. The third-order valence-corrected chi connectivity index (χ3v) is 12.6. The number of hydrogen-bond acceptors (Lipinski definition) is 4. The Bertz CT molecular complexity index is 2680. The smallest absolute Gasteiger partial charge is 0.136 e. The Hall–Kier alpha value is -5.31. The molecule has 0 unspecified atom stereocenters. The molecule has 0 fully saturated rings. The van der Waals surface area contributed by atoms with Crippen LogP contribution in [0.2, 0.25) is 0 Å². The summed E-state index contributed by atoms with van der Waals surface area (Å²) in [5.41, 5.74) is 16.6. The van der Waals surface area contributed by atoms with E-state index in [2.05, 4.69) is 176 Å². The van der Waals surface area contributed by atoms with E-state index < -0.39 is 5.41 Å². The van der Waals surface area contributed by atoms with Gasteiger partial charge in [-0.15, -0.1) is 29.8 Å². The second-order valence-electron chi connectivity index (χ2n) is 19.2. The van der Waals surface area contributed by atoms with Crippen LogP contribution < -0.4 is 4.90 Å². The largest absolute Gasteiger partial charge is 0.507 e. The van der Waals surface area contributed by atoms with Crippen LogP contribution in [0, 0.1) is 6.07 Å². The molecule has 2 aromatic heterocycles. The number of phenols is 1. The van der Waals surface area contributed by atoms with Crippen molar-refractivity contribution >= 4 is 17.2 Å². The topological polar surface area (TPSA) is 49.2 Å². The van der Waals surface area contributed by atoms with E-state index in [-0.39, 0.29) is 37.6 Å². The molecule has 7 aromatic rings. The van der Waals surface area contributed by atoms with E-state index in [1.54, 1.807) is 0 Å². The molecule has 2 aliphatic rings. The van der Waals surface area contributed by atoms with Gasteiger partial charge >= 0.3 is 0 Å². The molecule has 306 valence electrons. The summed E-state index contributed by atoms with van der Waals surface area (Å²) < 4.78 is 0. The summed E-state index contributed by atoms with van der Waals surface area (Å²) in [7, 11) is 0. The molecular formula is C55H54N3OPt-. The minimum atomic E-state index is -0.680. The number of nitrogens with zero attached hydrogens (tertiary/aromatic N) is 3. The van der Waals surface area contributed by atoms with Crippen molar-refractivity contribution in [3.63, 3.8) is 0 Å². The van der Waals surface area contributed by atoms with Crippen molar-refractivity contribution in [3.05, 3.63) is 178 Å². The molecule has 9 rings (SSSR count). The molecular weight excluding hydrogens is 914 g/mol. The van der Waals surface area contributed by atoms with Gasteiger partial charge in [0.2, 0.25) is 0 Å². The van der Waals surface area contributed by atoms with E-state index in [1.807, 2.05) is 36.5 Å². The van der Waals surface area contributed by atoms with Gasteiger partial charge in [0.1, 0.15) is 11.6 Å². The fourth-order valence-corrected chi connectivity index (χ4v) is 9.26. The van der Waals surface area contributed by atoms with Gasteiger partial charge in [-0.25, -0.2) is 4.98 Å². The van der Waals surface area contributed by atoms with Gasteiger partial charge in [-0.2, -0.15) is 0 Å². The maximum Gasteiger partial charge on any atom is 0.136 e. The second kappa shape index (κ2) is 15.0. The van der Waals surface area contributed by atoms with E-state index in [0.29, 0.717) is 11.8 Å². The van der Waals surface area contributed by atoms with Crippen LogP contribution in [0.5, 0.6) is 5.75 Å². The monoisotopic (exact) mass is 967 g/mol. The molecule has 1 N–H and O–H groups in total. The first-order valence-corrected chi connectivity index (χ1v) is 21.1. The van der Waals surface area contributed by atoms with Crippen LogP contribution in [0.3, 0.4) is 0 Å². The number of benzene rings is 5. The van der Waals surface area contributed by atoms with E-state index >= 15 is 0 Å². The summed E-state index contributed by atoms with van der Waals surface area (Å²) in [6.07, 6.45) is 1.82. The molecule has 0 atom stereocenters. The van der Waals surface area contributed by atoms with Crippen LogP contribution in [0.25, 0.3) is 33.6 Å². The van der Waals surface area contributed by atoms with Crippen molar-refractivity contribution in [2.45, 2.75) is 97.3 Å².